The molecule has 1 heteroatoms. The van der Waals surface area contributed by atoms with Crippen LogP contribution in [0, 0.1) is 0 Å². The van der Waals surface area contributed by atoms with Crippen LogP contribution in [-0.4, -0.2) is 5.78 Å². The van der Waals surface area contributed by atoms with Crippen LogP contribution in [0.4, 0.5) is 0 Å². The van der Waals surface area contributed by atoms with Crippen molar-refractivity contribution in [3.05, 3.63) is 47.5 Å². The van der Waals surface area contributed by atoms with Gasteiger partial charge in [-0.2, -0.15) is 0 Å². The van der Waals surface area contributed by atoms with E-state index in [2.05, 4.69) is 37.3 Å². The molecular formula is C17H22O. The summed E-state index contributed by atoms with van der Waals surface area (Å²) in [5.74, 6) is 0.845. The molecule has 1 atom stereocenters. The van der Waals surface area contributed by atoms with Crippen molar-refractivity contribution in [2.75, 3.05) is 0 Å². The number of hydrogen-bond donors (Lipinski definition) is 0. The lowest BCUT2D eigenvalue weighted by Crippen LogP contribution is -2.05. The van der Waals surface area contributed by atoms with Gasteiger partial charge in [-0.1, -0.05) is 42.0 Å². The van der Waals surface area contributed by atoms with E-state index in [9.17, 15) is 4.79 Å². The molecule has 0 N–H and O–H groups in total. The van der Waals surface area contributed by atoms with Crippen molar-refractivity contribution in [1.82, 2.24) is 0 Å². The second-order valence-electron chi connectivity index (χ2n) is 5.31. The summed E-state index contributed by atoms with van der Waals surface area (Å²) in [6, 6.07) is 10.6. The number of Topliss-reactive ketones (excluding diaryl/α,β-unsaturated/α-hetero) is 1. The second kappa shape index (κ2) is 6.53. The quantitative estimate of drug-likeness (QED) is 0.656. The fourth-order valence-electron chi connectivity index (χ4n) is 2.64. The van der Waals surface area contributed by atoms with Gasteiger partial charge in [-0.15, -0.1) is 0 Å². The minimum Gasteiger partial charge on any atom is -0.300 e. The molecule has 1 aliphatic rings. The number of ketones is 1. The van der Waals surface area contributed by atoms with Crippen LogP contribution in [-0.2, 0) is 4.79 Å². The van der Waals surface area contributed by atoms with Crippen LogP contribution in [0.15, 0.2) is 42.0 Å². The Balaban J connectivity index is 2.18. The maximum absolute atomic E-state index is 11.7. The minimum absolute atomic E-state index is 0.410. The van der Waals surface area contributed by atoms with Crippen molar-refractivity contribution in [2.45, 2.75) is 51.4 Å². The van der Waals surface area contributed by atoms with Crippen LogP contribution in [0.3, 0.4) is 0 Å². The molecule has 0 saturated carbocycles. The molecule has 1 aromatic rings. The molecule has 0 radical (unpaired) electrons. The normalized spacial score (nSPS) is 25.3. The highest BCUT2D eigenvalue weighted by Crippen LogP contribution is 2.27. The number of benzene rings is 1. The Labute approximate surface area is 110 Å². The van der Waals surface area contributed by atoms with E-state index in [0.29, 0.717) is 11.7 Å². The predicted molar refractivity (Wildman–Crippen MR) is 75.6 cm³/mol. The molecule has 0 amide bonds. The highest BCUT2D eigenvalue weighted by atomic mass is 16.1. The summed E-state index contributed by atoms with van der Waals surface area (Å²) in [5.41, 5.74) is 2.81. The summed E-state index contributed by atoms with van der Waals surface area (Å²) in [5, 5.41) is 0. The first-order valence-electron chi connectivity index (χ1n) is 6.99. The van der Waals surface area contributed by atoms with Gasteiger partial charge in [-0.3, -0.25) is 4.79 Å². The van der Waals surface area contributed by atoms with Crippen molar-refractivity contribution in [2.24, 2.45) is 0 Å². The maximum atomic E-state index is 11.7. The lowest BCUT2D eigenvalue weighted by Gasteiger charge is -2.16. The van der Waals surface area contributed by atoms with Crippen LogP contribution in [0.1, 0.15) is 56.9 Å². The minimum atomic E-state index is 0.410. The number of hydrogen-bond acceptors (Lipinski definition) is 1. The number of carbonyl (C=O) groups is 1. The van der Waals surface area contributed by atoms with E-state index in [0.717, 1.165) is 38.5 Å². The van der Waals surface area contributed by atoms with Crippen LogP contribution < -0.4 is 0 Å². The van der Waals surface area contributed by atoms with Gasteiger partial charge >= 0.3 is 0 Å². The monoisotopic (exact) mass is 242 g/mol. The molecule has 0 aromatic heterocycles. The summed E-state index contributed by atoms with van der Waals surface area (Å²) < 4.78 is 0. The second-order valence-corrected chi connectivity index (χ2v) is 5.31. The zero-order chi connectivity index (χ0) is 12.8. The number of allylic oxidation sites excluding steroid dienone is 2. The van der Waals surface area contributed by atoms with Gasteiger partial charge in [-0.05, 0) is 38.2 Å². The van der Waals surface area contributed by atoms with E-state index in [-0.39, 0.29) is 0 Å². The van der Waals surface area contributed by atoms with E-state index >= 15 is 0 Å². The Kier molecular flexibility index (Phi) is 4.74. The summed E-state index contributed by atoms with van der Waals surface area (Å²) in [7, 11) is 0. The van der Waals surface area contributed by atoms with Gasteiger partial charge in [0.05, 0.1) is 0 Å². The predicted octanol–water partition coefficient (Wildman–Crippen LogP) is 4.64. The van der Waals surface area contributed by atoms with E-state index in [1.165, 1.54) is 11.1 Å². The molecule has 1 aliphatic carbocycles. The number of rotatable bonds is 1. The number of carbonyl (C=O) groups excluding carboxylic acids is 1. The van der Waals surface area contributed by atoms with E-state index in [1.807, 2.05) is 6.07 Å². The Hall–Kier alpha value is -1.37. The van der Waals surface area contributed by atoms with Gasteiger partial charge in [0, 0.05) is 18.8 Å². The Bertz CT molecular complexity index is 416. The zero-order valence-electron chi connectivity index (χ0n) is 11.2. The molecule has 0 bridgehead atoms. The fourth-order valence-corrected chi connectivity index (χ4v) is 2.64. The van der Waals surface area contributed by atoms with E-state index in [4.69, 9.17) is 0 Å². The topological polar surface area (TPSA) is 17.1 Å². The molecule has 1 nitrogen and oxygen atoms in total. The Morgan fingerprint density at radius 3 is 2.50 bits per heavy atom. The fraction of sp³-hybridized carbons (Fsp3) is 0.471. The van der Waals surface area contributed by atoms with Crippen molar-refractivity contribution >= 4 is 5.78 Å². The van der Waals surface area contributed by atoms with E-state index in [1.54, 1.807) is 0 Å². The average Bonchev–Trinajstić information content (AvgIpc) is 2.40. The van der Waals surface area contributed by atoms with Crippen molar-refractivity contribution in [3.63, 3.8) is 0 Å². The molecule has 1 aromatic carbocycles. The van der Waals surface area contributed by atoms with Crippen LogP contribution in [0.25, 0.3) is 0 Å². The van der Waals surface area contributed by atoms with Gasteiger partial charge in [0.15, 0.2) is 0 Å². The van der Waals surface area contributed by atoms with Gasteiger partial charge < -0.3 is 0 Å². The first-order valence-corrected chi connectivity index (χ1v) is 6.99. The molecule has 2 rings (SSSR count). The molecule has 0 unspecified atom stereocenters. The van der Waals surface area contributed by atoms with Crippen molar-refractivity contribution in [3.8, 4) is 0 Å². The average molecular weight is 242 g/mol. The van der Waals surface area contributed by atoms with Gasteiger partial charge in [-0.25, -0.2) is 0 Å². The third-order valence-electron chi connectivity index (χ3n) is 3.72. The van der Waals surface area contributed by atoms with Gasteiger partial charge in [0.2, 0.25) is 0 Å². The van der Waals surface area contributed by atoms with Crippen LogP contribution >= 0.6 is 0 Å². The van der Waals surface area contributed by atoms with Gasteiger partial charge in [0.1, 0.15) is 5.78 Å². The van der Waals surface area contributed by atoms with Crippen molar-refractivity contribution in [1.29, 1.82) is 0 Å². The SMILES string of the molecule is C/C1=C/[C@H](c2ccccc2)CCC(=O)CCCC1. The van der Waals surface area contributed by atoms with Crippen LogP contribution in [0.5, 0.6) is 0 Å². The molecule has 18 heavy (non-hydrogen) atoms. The molecule has 0 spiro atoms. The maximum Gasteiger partial charge on any atom is 0.132 e. The third kappa shape index (κ3) is 3.83. The molecule has 0 saturated heterocycles. The standard InChI is InChI=1S/C17H22O/c1-14-7-5-6-10-17(18)12-11-16(13-14)15-8-3-2-4-9-15/h2-4,8-9,13,16H,5-7,10-12H2,1H3/b14-13-/t16-/m1/s1. The molecule has 0 aliphatic heterocycles. The van der Waals surface area contributed by atoms with E-state index < -0.39 is 0 Å². The largest absolute Gasteiger partial charge is 0.300 e. The highest BCUT2D eigenvalue weighted by Gasteiger charge is 2.13. The first-order chi connectivity index (χ1) is 8.75. The molecule has 0 heterocycles. The van der Waals surface area contributed by atoms with Crippen molar-refractivity contribution < 1.29 is 4.79 Å². The summed E-state index contributed by atoms with van der Waals surface area (Å²) in [6.07, 6.45) is 8.17. The van der Waals surface area contributed by atoms with Gasteiger partial charge in [0.25, 0.3) is 0 Å². The molecule has 96 valence electrons. The summed E-state index contributed by atoms with van der Waals surface area (Å²) in [6.45, 7) is 2.22. The van der Waals surface area contributed by atoms with Crippen LogP contribution in [0.2, 0.25) is 0 Å². The smallest absolute Gasteiger partial charge is 0.132 e. The highest BCUT2D eigenvalue weighted by molar-refractivity contribution is 5.78. The lowest BCUT2D eigenvalue weighted by atomic mass is 9.88. The Morgan fingerprint density at radius 2 is 1.72 bits per heavy atom. The summed E-state index contributed by atoms with van der Waals surface area (Å²) >= 11 is 0. The third-order valence-corrected chi connectivity index (χ3v) is 3.72. The summed E-state index contributed by atoms with van der Waals surface area (Å²) in [4.78, 5) is 11.7. The molecular weight excluding hydrogens is 220 g/mol. The zero-order valence-corrected chi connectivity index (χ0v) is 11.2. The Morgan fingerprint density at radius 1 is 1.00 bits per heavy atom. The lowest BCUT2D eigenvalue weighted by molar-refractivity contribution is -0.119. The first kappa shape index (κ1) is 13.1. The molecule has 0 fully saturated rings.